The van der Waals surface area contributed by atoms with E-state index in [1.807, 2.05) is 91.0 Å². The number of fused-ring (bicyclic) bond motifs is 21. The minimum absolute atomic E-state index is 0.143. The van der Waals surface area contributed by atoms with E-state index in [0.717, 1.165) is 167 Å². The Morgan fingerprint density at radius 2 is 0.471 bits per heavy atom. The Morgan fingerprint density at radius 3 is 0.971 bits per heavy atom. The lowest BCUT2D eigenvalue weighted by Gasteiger charge is -2.21. The second kappa shape index (κ2) is 33.8. The van der Waals surface area contributed by atoms with Crippen LogP contribution in [0.4, 0.5) is 0 Å². The van der Waals surface area contributed by atoms with Gasteiger partial charge in [-0.2, -0.15) is 0 Å². The number of rotatable bonds is 12. The molecule has 0 unspecified atom stereocenters. The summed E-state index contributed by atoms with van der Waals surface area (Å²) < 4.78 is 13.8. The summed E-state index contributed by atoms with van der Waals surface area (Å²) in [5.74, 6) is 2.15. The summed E-state index contributed by atoms with van der Waals surface area (Å²) in [6, 6.07) is 162. The lowest BCUT2D eigenvalue weighted by Crippen LogP contribution is -2.15. The first-order chi connectivity index (χ1) is 67.9. The van der Waals surface area contributed by atoms with Crippen LogP contribution in [0.3, 0.4) is 0 Å². The maximum absolute atomic E-state index is 6.92. The zero-order chi connectivity index (χ0) is 92.1. The highest BCUT2D eigenvalue weighted by Crippen LogP contribution is 2.56. The van der Waals surface area contributed by atoms with Crippen LogP contribution in [0, 0.1) is 0 Å². The van der Waals surface area contributed by atoms with Gasteiger partial charge in [0.25, 0.3) is 0 Å². The fourth-order valence-corrected chi connectivity index (χ4v) is 21.3. The van der Waals surface area contributed by atoms with Gasteiger partial charge in [-0.1, -0.05) is 434 Å². The molecule has 0 bridgehead atoms. The largest absolute Gasteiger partial charge is 0.455 e. The highest BCUT2D eigenvalue weighted by Gasteiger charge is 2.40. The van der Waals surface area contributed by atoms with Gasteiger partial charge in [-0.25, -0.2) is 29.9 Å². The van der Waals surface area contributed by atoms with E-state index in [4.69, 9.17) is 38.7 Å². The van der Waals surface area contributed by atoms with Crippen LogP contribution >= 0.6 is 0 Å². The predicted octanol–water partition coefficient (Wildman–Crippen LogP) is 34.5. The first-order valence-electron chi connectivity index (χ1n) is 47.2. The molecule has 25 aromatic rings. The van der Waals surface area contributed by atoms with E-state index in [2.05, 4.69) is 398 Å². The molecule has 0 saturated heterocycles. The van der Waals surface area contributed by atoms with E-state index in [1.54, 1.807) is 0 Å². The molecule has 138 heavy (non-hydrogen) atoms. The summed E-state index contributed by atoms with van der Waals surface area (Å²) in [5.41, 5.74) is 36.6. The number of benzene rings is 20. The van der Waals surface area contributed by atoms with Crippen molar-refractivity contribution in [3.63, 3.8) is 0 Å². The molecule has 0 N–H and O–H groups in total. The summed E-state index contributed by atoms with van der Waals surface area (Å²) in [6.45, 7) is 9.24. The van der Waals surface area contributed by atoms with Gasteiger partial charge in [0.1, 0.15) is 22.3 Å². The minimum Gasteiger partial charge on any atom is -0.455 e. The topological polar surface area (TPSA) is 104 Å². The summed E-state index contributed by atoms with van der Waals surface area (Å²) in [4.78, 5) is 30.1. The summed E-state index contributed by atoms with van der Waals surface area (Å²) in [5, 5.41) is 13.4. The lowest BCUT2D eigenvalue weighted by molar-refractivity contribution is 0.620. The Morgan fingerprint density at radius 1 is 0.167 bits per heavy atom. The first kappa shape index (κ1) is 82.2. The van der Waals surface area contributed by atoms with Gasteiger partial charge in [-0.15, -0.1) is 0 Å². The van der Waals surface area contributed by atoms with Crippen LogP contribution in [0.25, 0.3) is 244 Å². The van der Waals surface area contributed by atoms with Crippen LogP contribution in [0.5, 0.6) is 0 Å². The summed E-state index contributed by atoms with van der Waals surface area (Å²) in [6.07, 6.45) is 0. The monoisotopic (exact) mass is 1760 g/mol. The number of furan rings is 2. The Kier molecular flexibility index (Phi) is 20.1. The smallest absolute Gasteiger partial charge is 0.160 e. The molecule has 27 rings (SSSR count). The first-order valence-corrected chi connectivity index (χ1v) is 47.2. The Bertz CT molecular complexity index is 8970. The maximum Gasteiger partial charge on any atom is 0.160 e. The molecule has 0 atom stereocenters. The van der Waals surface area contributed by atoms with Crippen LogP contribution < -0.4 is 0 Å². The van der Waals surface area contributed by atoms with Gasteiger partial charge >= 0.3 is 0 Å². The van der Waals surface area contributed by atoms with Crippen molar-refractivity contribution in [2.75, 3.05) is 0 Å². The lowest BCUT2D eigenvalue weighted by atomic mass is 9.82. The molecule has 8 heteroatoms. The zero-order valence-corrected chi connectivity index (χ0v) is 76.4. The van der Waals surface area contributed by atoms with Gasteiger partial charge in [0.05, 0.1) is 34.0 Å². The fraction of sp³-hybridized carbons (Fsp3) is 0.0462. The van der Waals surface area contributed by atoms with Gasteiger partial charge in [-0.05, 0) is 154 Å². The zero-order valence-electron chi connectivity index (χ0n) is 76.4. The molecule has 2 aliphatic rings. The van der Waals surface area contributed by atoms with Gasteiger partial charge in [0, 0.05) is 105 Å². The van der Waals surface area contributed by atoms with Gasteiger partial charge in [0.15, 0.2) is 17.5 Å². The van der Waals surface area contributed by atoms with E-state index in [0.29, 0.717) is 11.6 Å². The van der Waals surface area contributed by atoms with Crippen molar-refractivity contribution in [2.24, 2.45) is 0 Å². The standard InChI is InChI=1S/C44H28N2.2C43H30N2O/c1-2-12-29(13-3-1)43-40-22-8-9-23-42(40)45-44(46-43)34-17-11-16-32(27-34)30-14-10-15-31(26-30)33-24-25-39-37-20-5-4-18-35(37)36-19-6-7-21-38(36)41(39)28-33;1-43(2)36-22-10-9-19-32(36)33-23-24-35-34-21-12-20-31(40(34)46-41(35)39(33)43)29-17-11-18-30(25-29)38-26-37(27-13-5-3-6-14-27)44-42(45-38)28-15-7-4-8-16-28;1-43(2)36-19-10-9-16-32(36)33-24-25-35-34-18-11-17-31(40(34)46-41(35)39(33)43)27-20-22-29(23-21-27)38-26-37(28-12-5-3-6-13-28)44-42(45-38)30-14-7-4-8-15-30/h1-28H;2*3-26H,1-2H3. The van der Waals surface area contributed by atoms with Gasteiger partial charge in [0.2, 0.25) is 0 Å². The average molecular weight is 1770 g/mol. The molecule has 650 valence electrons. The molecule has 0 radical (unpaired) electrons. The van der Waals surface area contributed by atoms with Crippen molar-refractivity contribution in [1.29, 1.82) is 0 Å². The fourth-order valence-electron chi connectivity index (χ4n) is 21.3. The summed E-state index contributed by atoms with van der Waals surface area (Å²) >= 11 is 0. The van der Waals surface area contributed by atoms with Crippen molar-refractivity contribution < 1.29 is 8.83 Å². The summed E-state index contributed by atoms with van der Waals surface area (Å²) in [7, 11) is 0. The molecule has 0 fully saturated rings. The number of aromatic nitrogens is 6. The second-order valence-electron chi connectivity index (χ2n) is 37.0. The molecule has 0 amide bonds. The van der Waals surface area contributed by atoms with Crippen molar-refractivity contribution in [3.8, 4) is 157 Å². The van der Waals surface area contributed by atoms with Gasteiger partial charge in [-0.3, -0.25) is 0 Å². The number of para-hydroxylation sites is 3. The maximum atomic E-state index is 6.92. The van der Waals surface area contributed by atoms with E-state index in [1.165, 1.54) is 88.0 Å². The molecular weight excluding hydrogens is 1680 g/mol. The van der Waals surface area contributed by atoms with Crippen LogP contribution in [-0.4, -0.2) is 29.9 Å². The SMILES string of the molecule is CC1(C)c2ccccc2-c2ccc3c(oc4c(-c5ccc(-c6cc(-c7ccccc7)nc(-c7ccccc7)n6)cc5)cccc43)c21.CC1(C)c2ccccc2-c2ccc3c(oc4c(-c5cccc(-c6cc(-c7ccccc7)nc(-c7ccccc7)n6)c5)cccc43)c21.c1ccc(-c2nc(-c3cccc(-c4cccc(-c5ccc6c7ccccc7c7ccccc7c6c5)c4)c3)nc3ccccc23)cc1. The number of nitrogens with zero attached hydrogens (tertiary/aromatic N) is 6. The third-order valence-corrected chi connectivity index (χ3v) is 28.0. The molecule has 0 aliphatic heterocycles. The molecule has 20 aromatic carbocycles. The van der Waals surface area contributed by atoms with E-state index >= 15 is 0 Å². The van der Waals surface area contributed by atoms with Crippen LogP contribution in [0.1, 0.15) is 49.9 Å². The van der Waals surface area contributed by atoms with E-state index in [-0.39, 0.29) is 10.8 Å². The number of hydrogen-bond donors (Lipinski definition) is 0. The highest BCUT2D eigenvalue weighted by molar-refractivity contribution is 6.26. The predicted molar refractivity (Wildman–Crippen MR) is 571 cm³/mol. The average Bonchev–Trinajstić information content (AvgIpc) is 1.55. The van der Waals surface area contributed by atoms with E-state index in [9.17, 15) is 0 Å². The van der Waals surface area contributed by atoms with E-state index < -0.39 is 0 Å². The minimum atomic E-state index is -0.153. The molecule has 8 nitrogen and oxygen atoms in total. The molecule has 5 aromatic heterocycles. The van der Waals surface area contributed by atoms with Crippen LogP contribution in [-0.2, 0) is 10.8 Å². The van der Waals surface area contributed by atoms with Crippen molar-refractivity contribution in [2.45, 2.75) is 38.5 Å². The van der Waals surface area contributed by atoms with Crippen LogP contribution in [0.15, 0.2) is 470 Å². The number of hydrogen-bond acceptors (Lipinski definition) is 8. The highest BCUT2D eigenvalue weighted by atomic mass is 16.3. The molecular formula is C130H88N6O2. The molecule has 0 saturated carbocycles. The Labute approximate surface area is 799 Å². The van der Waals surface area contributed by atoms with Gasteiger partial charge < -0.3 is 8.83 Å². The Balaban J connectivity index is 0.000000110. The third kappa shape index (κ3) is 14.4. The second-order valence-corrected chi connectivity index (χ2v) is 37.0. The Hall–Kier alpha value is -17.7. The normalized spacial score (nSPS) is 12.6. The quantitative estimate of drug-likeness (QED) is 0.111. The van der Waals surface area contributed by atoms with Crippen molar-refractivity contribution >= 4 is 87.1 Å². The van der Waals surface area contributed by atoms with Crippen LogP contribution in [0.2, 0.25) is 0 Å². The third-order valence-electron chi connectivity index (χ3n) is 28.0. The molecule has 2 aliphatic carbocycles. The molecule has 5 heterocycles. The van der Waals surface area contributed by atoms with Crippen molar-refractivity contribution in [1.82, 2.24) is 29.9 Å². The van der Waals surface area contributed by atoms with Crippen molar-refractivity contribution in [3.05, 3.63) is 483 Å². The molecule has 0 spiro atoms.